The summed E-state index contributed by atoms with van der Waals surface area (Å²) in [7, 11) is 0. The SMILES string of the molecule is C#CCNC(=O)c1ccnc(OC2CCOCC2)c1. The number of nitrogens with zero attached hydrogens (tertiary/aromatic N) is 1. The van der Waals surface area contributed by atoms with E-state index in [1.165, 1.54) is 0 Å². The minimum Gasteiger partial charge on any atom is -0.474 e. The number of pyridine rings is 1. The van der Waals surface area contributed by atoms with Crippen LogP contribution >= 0.6 is 0 Å². The van der Waals surface area contributed by atoms with E-state index >= 15 is 0 Å². The summed E-state index contributed by atoms with van der Waals surface area (Å²) < 4.78 is 11.0. The van der Waals surface area contributed by atoms with E-state index in [-0.39, 0.29) is 18.6 Å². The highest BCUT2D eigenvalue weighted by atomic mass is 16.5. The number of rotatable bonds is 4. The average molecular weight is 260 g/mol. The fourth-order valence-corrected chi connectivity index (χ4v) is 1.81. The Kier molecular flexibility index (Phi) is 4.76. The van der Waals surface area contributed by atoms with Gasteiger partial charge in [-0.05, 0) is 6.07 Å². The van der Waals surface area contributed by atoms with Gasteiger partial charge in [0.1, 0.15) is 6.10 Å². The number of ether oxygens (including phenoxy) is 2. The molecule has 5 heteroatoms. The molecule has 0 atom stereocenters. The van der Waals surface area contributed by atoms with Crippen molar-refractivity contribution in [1.82, 2.24) is 10.3 Å². The van der Waals surface area contributed by atoms with Crippen molar-refractivity contribution in [1.29, 1.82) is 0 Å². The number of carbonyl (C=O) groups excluding carboxylic acids is 1. The van der Waals surface area contributed by atoms with E-state index < -0.39 is 0 Å². The Morgan fingerprint density at radius 1 is 1.58 bits per heavy atom. The fourth-order valence-electron chi connectivity index (χ4n) is 1.81. The molecule has 2 rings (SSSR count). The minimum atomic E-state index is -0.225. The molecule has 1 aliphatic rings. The van der Waals surface area contributed by atoms with Crippen LogP contribution in [0.25, 0.3) is 0 Å². The third-order valence-corrected chi connectivity index (χ3v) is 2.80. The Hall–Kier alpha value is -2.06. The van der Waals surface area contributed by atoms with Crippen molar-refractivity contribution in [2.75, 3.05) is 19.8 Å². The van der Waals surface area contributed by atoms with Crippen LogP contribution in [0.15, 0.2) is 18.3 Å². The van der Waals surface area contributed by atoms with Crippen LogP contribution in [0, 0.1) is 12.3 Å². The molecule has 1 fully saturated rings. The monoisotopic (exact) mass is 260 g/mol. The van der Waals surface area contributed by atoms with Crippen LogP contribution in [-0.4, -0.2) is 36.8 Å². The molecule has 1 aliphatic heterocycles. The van der Waals surface area contributed by atoms with Gasteiger partial charge in [0.2, 0.25) is 5.88 Å². The maximum absolute atomic E-state index is 11.7. The molecule has 0 aliphatic carbocycles. The van der Waals surface area contributed by atoms with Gasteiger partial charge in [0.05, 0.1) is 19.8 Å². The fraction of sp³-hybridized carbons (Fsp3) is 0.429. The first-order chi connectivity index (χ1) is 9.29. The van der Waals surface area contributed by atoms with Crippen LogP contribution in [0.2, 0.25) is 0 Å². The molecule has 5 nitrogen and oxygen atoms in total. The van der Waals surface area contributed by atoms with Crippen LogP contribution in [-0.2, 0) is 4.74 Å². The molecule has 0 spiro atoms. The van der Waals surface area contributed by atoms with Gasteiger partial charge in [0.15, 0.2) is 0 Å². The van der Waals surface area contributed by atoms with E-state index in [0.717, 1.165) is 12.8 Å². The largest absolute Gasteiger partial charge is 0.474 e. The number of amides is 1. The summed E-state index contributed by atoms with van der Waals surface area (Å²) in [6.45, 7) is 1.61. The lowest BCUT2D eigenvalue weighted by atomic mass is 10.1. The van der Waals surface area contributed by atoms with Gasteiger partial charge in [-0.3, -0.25) is 4.79 Å². The summed E-state index contributed by atoms with van der Waals surface area (Å²) in [6.07, 6.45) is 8.44. The van der Waals surface area contributed by atoms with Crippen molar-refractivity contribution in [2.45, 2.75) is 18.9 Å². The zero-order valence-corrected chi connectivity index (χ0v) is 10.6. The van der Waals surface area contributed by atoms with Crippen LogP contribution in [0.4, 0.5) is 0 Å². The predicted molar refractivity (Wildman–Crippen MR) is 69.9 cm³/mol. The Labute approximate surface area is 112 Å². The van der Waals surface area contributed by atoms with Gasteiger partial charge in [0, 0.05) is 30.7 Å². The predicted octanol–water partition coefficient (Wildman–Crippen LogP) is 1.00. The van der Waals surface area contributed by atoms with E-state index in [9.17, 15) is 4.79 Å². The second kappa shape index (κ2) is 6.76. The topological polar surface area (TPSA) is 60.5 Å². The van der Waals surface area contributed by atoms with Crippen LogP contribution in [0.3, 0.4) is 0 Å². The maximum Gasteiger partial charge on any atom is 0.252 e. The minimum absolute atomic E-state index is 0.102. The van der Waals surface area contributed by atoms with Crippen molar-refractivity contribution in [3.8, 4) is 18.2 Å². The smallest absolute Gasteiger partial charge is 0.252 e. The van der Waals surface area contributed by atoms with Gasteiger partial charge in [-0.15, -0.1) is 6.42 Å². The van der Waals surface area contributed by atoms with Gasteiger partial charge >= 0.3 is 0 Å². The third-order valence-electron chi connectivity index (χ3n) is 2.80. The number of nitrogens with one attached hydrogen (secondary N) is 1. The average Bonchev–Trinajstić information content (AvgIpc) is 2.46. The Morgan fingerprint density at radius 3 is 3.11 bits per heavy atom. The number of terminal acetylenes is 1. The molecule has 1 aromatic heterocycles. The van der Waals surface area contributed by atoms with E-state index in [0.29, 0.717) is 24.7 Å². The highest BCUT2D eigenvalue weighted by Gasteiger charge is 2.16. The highest BCUT2D eigenvalue weighted by molar-refractivity contribution is 5.94. The summed E-state index contributed by atoms with van der Waals surface area (Å²) >= 11 is 0. The quantitative estimate of drug-likeness (QED) is 0.821. The van der Waals surface area contributed by atoms with Crippen LogP contribution in [0.1, 0.15) is 23.2 Å². The summed E-state index contributed by atoms with van der Waals surface area (Å²) in [5, 5.41) is 2.60. The first-order valence-electron chi connectivity index (χ1n) is 6.21. The zero-order valence-electron chi connectivity index (χ0n) is 10.6. The molecular formula is C14H16N2O3. The Bertz CT molecular complexity index is 476. The molecule has 0 unspecified atom stereocenters. The molecule has 1 amide bonds. The first kappa shape index (κ1) is 13.4. The lowest BCUT2D eigenvalue weighted by Gasteiger charge is -2.22. The molecule has 19 heavy (non-hydrogen) atoms. The third kappa shape index (κ3) is 3.97. The van der Waals surface area contributed by atoms with Crippen molar-refractivity contribution >= 4 is 5.91 Å². The lowest BCUT2D eigenvalue weighted by molar-refractivity contribution is 0.0237. The van der Waals surface area contributed by atoms with Gasteiger partial charge < -0.3 is 14.8 Å². The molecule has 1 saturated heterocycles. The summed E-state index contributed by atoms with van der Waals surface area (Å²) in [5.74, 6) is 2.59. The van der Waals surface area contributed by atoms with Crippen LogP contribution < -0.4 is 10.1 Å². The Morgan fingerprint density at radius 2 is 2.37 bits per heavy atom. The molecule has 0 saturated carbocycles. The number of aromatic nitrogens is 1. The summed E-state index contributed by atoms with van der Waals surface area (Å²) in [5.41, 5.74) is 0.493. The molecule has 1 N–H and O–H groups in total. The van der Waals surface area contributed by atoms with Crippen molar-refractivity contribution in [3.63, 3.8) is 0 Å². The van der Waals surface area contributed by atoms with Gasteiger partial charge in [-0.25, -0.2) is 4.98 Å². The van der Waals surface area contributed by atoms with Crippen molar-refractivity contribution < 1.29 is 14.3 Å². The van der Waals surface area contributed by atoms with Crippen molar-refractivity contribution in [2.24, 2.45) is 0 Å². The molecule has 2 heterocycles. The van der Waals surface area contributed by atoms with Gasteiger partial charge in [0.25, 0.3) is 5.91 Å². The maximum atomic E-state index is 11.7. The zero-order chi connectivity index (χ0) is 13.5. The lowest BCUT2D eigenvalue weighted by Crippen LogP contribution is -2.27. The Balaban J connectivity index is 1.98. The summed E-state index contributed by atoms with van der Waals surface area (Å²) in [6, 6.07) is 3.25. The molecule has 100 valence electrons. The van der Waals surface area contributed by atoms with Gasteiger partial charge in [-0.2, -0.15) is 0 Å². The van der Waals surface area contributed by atoms with E-state index in [1.54, 1.807) is 18.3 Å². The molecule has 0 aromatic carbocycles. The normalized spacial score (nSPS) is 15.5. The van der Waals surface area contributed by atoms with Crippen molar-refractivity contribution in [3.05, 3.63) is 23.9 Å². The standard InChI is InChI=1S/C14H16N2O3/c1-2-6-16-14(17)11-3-7-15-13(10-11)19-12-4-8-18-9-5-12/h1,3,7,10,12H,4-6,8-9H2,(H,16,17). The molecule has 0 radical (unpaired) electrons. The van der Waals surface area contributed by atoms with E-state index in [1.807, 2.05) is 0 Å². The molecular weight excluding hydrogens is 244 g/mol. The number of hydrogen-bond acceptors (Lipinski definition) is 4. The molecule has 1 aromatic rings. The first-order valence-corrected chi connectivity index (χ1v) is 6.21. The van der Waals surface area contributed by atoms with E-state index in [4.69, 9.17) is 15.9 Å². The second-order valence-electron chi connectivity index (χ2n) is 4.20. The van der Waals surface area contributed by atoms with Crippen LogP contribution in [0.5, 0.6) is 5.88 Å². The van der Waals surface area contributed by atoms with Gasteiger partial charge in [-0.1, -0.05) is 5.92 Å². The summed E-state index contributed by atoms with van der Waals surface area (Å²) in [4.78, 5) is 15.9. The molecule has 0 bridgehead atoms. The number of carbonyl (C=O) groups is 1. The second-order valence-corrected chi connectivity index (χ2v) is 4.20. The highest BCUT2D eigenvalue weighted by Crippen LogP contribution is 2.16. The number of hydrogen-bond donors (Lipinski definition) is 1. The van der Waals surface area contributed by atoms with E-state index in [2.05, 4.69) is 16.2 Å².